The number of nitrogens with one attached hydrogen (secondary N) is 1. The summed E-state index contributed by atoms with van der Waals surface area (Å²) < 4.78 is 18.7. The Hall–Kier alpha value is -1.72. The van der Waals surface area contributed by atoms with E-state index in [1.54, 1.807) is 18.3 Å². The molecule has 1 aromatic heterocycles. The molecule has 1 aliphatic heterocycles. The minimum atomic E-state index is -0.247. The first-order valence-corrected chi connectivity index (χ1v) is 6.88. The molecule has 0 amide bonds. The van der Waals surface area contributed by atoms with Crippen molar-refractivity contribution in [3.05, 3.63) is 42.2 Å². The van der Waals surface area contributed by atoms with Crippen LogP contribution in [-0.2, 0) is 6.54 Å². The molecule has 2 heterocycles. The van der Waals surface area contributed by atoms with Crippen molar-refractivity contribution in [2.75, 3.05) is 19.6 Å². The number of piperazine rings is 1. The topological polar surface area (TPSA) is 41.3 Å². The molecule has 0 bridgehead atoms. The maximum atomic E-state index is 12.9. The monoisotopic (exact) mass is 275 g/mol. The lowest BCUT2D eigenvalue weighted by Gasteiger charge is -2.32. The standard InChI is InChI=1S/C15H18FN3O/c1-11-8-17-6-7-19(11)10-15-18-9-14(20-15)12-2-4-13(16)5-3-12/h2-5,9,11,17H,6-8,10H2,1H3. The van der Waals surface area contributed by atoms with Gasteiger partial charge in [0.1, 0.15) is 5.82 Å². The summed E-state index contributed by atoms with van der Waals surface area (Å²) in [6.45, 7) is 5.89. The van der Waals surface area contributed by atoms with Crippen LogP contribution in [0.15, 0.2) is 34.9 Å². The van der Waals surface area contributed by atoms with E-state index < -0.39 is 0 Å². The number of nitrogens with zero attached hydrogens (tertiary/aromatic N) is 2. The molecule has 1 aromatic carbocycles. The van der Waals surface area contributed by atoms with Crippen molar-refractivity contribution in [2.45, 2.75) is 19.5 Å². The van der Waals surface area contributed by atoms with Gasteiger partial charge in [0.25, 0.3) is 0 Å². The molecule has 106 valence electrons. The molecule has 2 aromatic rings. The molecule has 1 aliphatic rings. The van der Waals surface area contributed by atoms with Crippen LogP contribution < -0.4 is 5.32 Å². The van der Waals surface area contributed by atoms with E-state index in [0.29, 0.717) is 24.2 Å². The van der Waals surface area contributed by atoms with E-state index >= 15 is 0 Å². The number of hydrogen-bond donors (Lipinski definition) is 1. The van der Waals surface area contributed by atoms with E-state index in [2.05, 4.69) is 22.1 Å². The van der Waals surface area contributed by atoms with Crippen molar-refractivity contribution in [1.82, 2.24) is 15.2 Å². The normalized spacial score (nSPS) is 20.2. The molecule has 0 radical (unpaired) electrons. The molecule has 1 unspecified atom stereocenters. The quantitative estimate of drug-likeness (QED) is 0.933. The molecule has 5 heteroatoms. The van der Waals surface area contributed by atoms with Gasteiger partial charge < -0.3 is 9.73 Å². The number of hydrogen-bond acceptors (Lipinski definition) is 4. The molecule has 0 spiro atoms. The van der Waals surface area contributed by atoms with Gasteiger partial charge >= 0.3 is 0 Å². The second-order valence-electron chi connectivity index (χ2n) is 5.15. The summed E-state index contributed by atoms with van der Waals surface area (Å²) in [5.41, 5.74) is 0.846. The van der Waals surface area contributed by atoms with Crippen molar-refractivity contribution < 1.29 is 8.81 Å². The fourth-order valence-corrected chi connectivity index (χ4v) is 2.42. The molecule has 20 heavy (non-hydrogen) atoms. The van der Waals surface area contributed by atoms with Crippen LogP contribution in [0, 0.1) is 5.82 Å². The summed E-state index contributed by atoms with van der Waals surface area (Å²) in [5, 5.41) is 3.36. The molecule has 1 fully saturated rings. The molecule has 3 rings (SSSR count). The highest BCUT2D eigenvalue weighted by Gasteiger charge is 2.19. The van der Waals surface area contributed by atoms with Crippen molar-refractivity contribution in [3.8, 4) is 11.3 Å². The smallest absolute Gasteiger partial charge is 0.209 e. The van der Waals surface area contributed by atoms with Crippen molar-refractivity contribution in [2.24, 2.45) is 0 Å². The van der Waals surface area contributed by atoms with E-state index in [0.717, 1.165) is 25.2 Å². The number of aromatic nitrogens is 1. The Labute approximate surface area is 117 Å². The Morgan fingerprint density at radius 1 is 1.40 bits per heavy atom. The minimum Gasteiger partial charge on any atom is -0.439 e. The van der Waals surface area contributed by atoms with Gasteiger partial charge in [-0.05, 0) is 31.2 Å². The van der Waals surface area contributed by atoms with E-state index in [9.17, 15) is 4.39 Å². The molecular weight excluding hydrogens is 257 g/mol. The second-order valence-corrected chi connectivity index (χ2v) is 5.15. The van der Waals surface area contributed by atoms with Gasteiger partial charge in [-0.3, -0.25) is 4.90 Å². The van der Waals surface area contributed by atoms with E-state index in [1.165, 1.54) is 12.1 Å². The van der Waals surface area contributed by atoms with E-state index in [-0.39, 0.29) is 5.82 Å². The zero-order valence-electron chi connectivity index (χ0n) is 11.5. The second kappa shape index (κ2) is 5.73. The molecule has 1 atom stereocenters. The van der Waals surface area contributed by atoms with Crippen LogP contribution in [0.25, 0.3) is 11.3 Å². The number of rotatable bonds is 3. The highest BCUT2D eigenvalue weighted by Crippen LogP contribution is 2.21. The molecule has 1 N–H and O–H groups in total. The summed E-state index contributed by atoms with van der Waals surface area (Å²) in [5.74, 6) is 1.14. The first-order valence-electron chi connectivity index (χ1n) is 6.88. The van der Waals surface area contributed by atoms with Crippen molar-refractivity contribution in [1.29, 1.82) is 0 Å². The molecule has 1 saturated heterocycles. The summed E-state index contributed by atoms with van der Waals surface area (Å²) in [6.07, 6.45) is 1.70. The van der Waals surface area contributed by atoms with Crippen LogP contribution in [0.3, 0.4) is 0 Å². The lowest BCUT2D eigenvalue weighted by Crippen LogP contribution is -2.49. The summed E-state index contributed by atoms with van der Waals surface area (Å²) in [7, 11) is 0. The third kappa shape index (κ3) is 2.89. The molecule has 0 aliphatic carbocycles. The number of benzene rings is 1. The average Bonchev–Trinajstić information content (AvgIpc) is 2.91. The predicted molar refractivity (Wildman–Crippen MR) is 74.6 cm³/mol. The molecule has 0 saturated carbocycles. The average molecular weight is 275 g/mol. The van der Waals surface area contributed by atoms with Gasteiger partial charge in [0.2, 0.25) is 5.89 Å². The zero-order valence-corrected chi connectivity index (χ0v) is 11.5. The van der Waals surface area contributed by atoms with Gasteiger partial charge in [0.15, 0.2) is 5.76 Å². The third-order valence-electron chi connectivity index (χ3n) is 3.66. The minimum absolute atomic E-state index is 0.247. The van der Waals surface area contributed by atoms with Crippen molar-refractivity contribution >= 4 is 0 Å². The first kappa shape index (κ1) is 13.3. The van der Waals surface area contributed by atoms with Crippen LogP contribution in [-0.4, -0.2) is 35.6 Å². The maximum Gasteiger partial charge on any atom is 0.209 e. The van der Waals surface area contributed by atoms with E-state index in [1.807, 2.05) is 0 Å². The van der Waals surface area contributed by atoms with Gasteiger partial charge in [-0.2, -0.15) is 0 Å². The third-order valence-corrected chi connectivity index (χ3v) is 3.66. The van der Waals surface area contributed by atoms with Crippen LogP contribution in [0.4, 0.5) is 4.39 Å². The Morgan fingerprint density at radius 2 is 2.20 bits per heavy atom. The van der Waals surface area contributed by atoms with Crippen LogP contribution in [0.2, 0.25) is 0 Å². The summed E-state index contributed by atoms with van der Waals surface area (Å²) in [6, 6.07) is 6.73. The molecular formula is C15H18FN3O. The fourth-order valence-electron chi connectivity index (χ4n) is 2.42. The predicted octanol–water partition coefficient (Wildman–Crippen LogP) is 2.27. The fraction of sp³-hybridized carbons (Fsp3) is 0.400. The van der Waals surface area contributed by atoms with Crippen molar-refractivity contribution in [3.63, 3.8) is 0 Å². The summed E-state index contributed by atoms with van der Waals surface area (Å²) in [4.78, 5) is 6.67. The van der Waals surface area contributed by atoms with Gasteiger partial charge in [-0.25, -0.2) is 9.37 Å². The van der Waals surface area contributed by atoms with Gasteiger partial charge in [0.05, 0.1) is 12.7 Å². The summed E-state index contributed by atoms with van der Waals surface area (Å²) >= 11 is 0. The Bertz CT molecular complexity index is 567. The zero-order chi connectivity index (χ0) is 13.9. The SMILES string of the molecule is CC1CNCCN1Cc1ncc(-c2ccc(F)cc2)o1. The van der Waals surface area contributed by atoms with Crippen LogP contribution in [0.1, 0.15) is 12.8 Å². The highest BCUT2D eigenvalue weighted by molar-refractivity contribution is 5.55. The van der Waals surface area contributed by atoms with E-state index in [4.69, 9.17) is 4.42 Å². The van der Waals surface area contributed by atoms with Crippen LogP contribution in [0.5, 0.6) is 0 Å². The van der Waals surface area contributed by atoms with Gasteiger partial charge in [0, 0.05) is 31.2 Å². The Morgan fingerprint density at radius 3 is 2.95 bits per heavy atom. The number of halogens is 1. The Balaban J connectivity index is 1.71. The first-order chi connectivity index (χ1) is 9.72. The molecule has 4 nitrogen and oxygen atoms in total. The number of oxazole rings is 1. The highest BCUT2D eigenvalue weighted by atomic mass is 19.1. The van der Waals surface area contributed by atoms with Gasteiger partial charge in [-0.15, -0.1) is 0 Å². The largest absolute Gasteiger partial charge is 0.439 e. The lowest BCUT2D eigenvalue weighted by molar-refractivity contribution is 0.151. The Kier molecular flexibility index (Phi) is 3.80. The van der Waals surface area contributed by atoms with Gasteiger partial charge in [-0.1, -0.05) is 0 Å². The van der Waals surface area contributed by atoms with Crippen LogP contribution >= 0.6 is 0 Å². The maximum absolute atomic E-state index is 12.9. The lowest BCUT2D eigenvalue weighted by atomic mass is 10.2.